The Morgan fingerprint density at radius 2 is 1.58 bits per heavy atom. The minimum absolute atomic E-state index is 0.100. The van der Waals surface area contributed by atoms with Gasteiger partial charge in [-0.05, 0) is 76.2 Å². The maximum absolute atomic E-state index is 12.7. The normalized spacial score (nSPS) is 13.4. The molecule has 1 N–H and O–H groups in total. The Morgan fingerprint density at radius 1 is 0.758 bits per heavy atom. The van der Waals surface area contributed by atoms with Crippen molar-refractivity contribution in [1.29, 1.82) is 0 Å². The van der Waals surface area contributed by atoms with Crippen molar-refractivity contribution in [3.05, 3.63) is 125 Å². The molecule has 0 aromatic heterocycles. The first-order valence-corrected chi connectivity index (χ1v) is 11.2. The Hall–Kier alpha value is -4.24. The maximum atomic E-state index is 12.7. The number of hydrogen-bond acceptors (Lipinski definition) is 2. The van der Waals surface area contributed by atoms with E-state index in [1.165, 1.54) is 27.8 Å². The Balaban J connectivity index is 1.16. The molecule has 1 heterocycles. The van der Waals surface area contributed by atoms with E-state index in [2.05, 4.69) is 72.1 Å². The van der Waals surface area contributed by atoms with Crippen LogP contribution in [0.3, 0.4) is 0 Å². The van der Waals surface area contributed by atoms with E-state index in [1.54, 1.807) is 0 Å². The molecular formula is C30H22N2O. The predicted molar refractivity (Wildman–Crippen MR) is 135 cm³/mol. The third-order valence-electron chi connectivity index (χ3n) is 6.32. The number of amides is 1. The van der Waals surface area contributed by atoms with Gasteiger partial charge < -0.3 is 5.32 Å². The Labute approximate surface area is 193 Å². The monoisotopic (exact) mass is 426 g/mol. The third-order valence-corrected chi connectivity index (χ3v) is 6.32. The summed E-state index contributed by atoms with van der Waals surface area (Å²) in [4.78, 5) is 17.6. The van der Waals surface area contributed by atoms with Crippen LogP contribution in [0.25, 0.3) is 17.2 Å². The van der Waals surface area contributed by atoms with E-state index >= 15 is 0 Å². The van der Waals surface area contributed by atoms with E-state index in [0.717, 1.165) is 35.5 Å². The molecule has 0 atom stereocenters. The molecule has 0 fully saturated rings. The summed E-state index contributed by atoms with van der Waals surface area (Å²) in [5, 5.41) is 3.02. The van der Waals surface area contributed by atoms with Crippen molar-refractivity contribution in [2.45, 2.75) is 12.8 Å². The number of nitrogens with one attached hydrogen (secondary N) is 1. The van der Waals surface area contributed by atoms with Gasteiger partial charge >= 0.3 is 0 Å². The third kappa shape index (κ3) is 3.79. The zero-order valence-electron chi connectivity index (χ0n) is 18.1. The number of rotatable bonds is 4. The quantitative estimate of drug-likeness (QED) is 0.381. The highest BCUT2D eigenvalue weighted by Crippen LogP contribution is 2.33. The van der Waals surface area contributed by atoms with E-state index in [4.69, 9.17) is 4.99 Å². The average Bonchev–Trinajstić information content (AvgIpc) is 3.51. The molecule has 2 aliphatic rings. The fourth-order valence-electron chi connectivity index (χ4n) is 4.53. The van der Waals surface area contributed by atoms with Crippen molar-refractivity contribution < 1.29 is 4.79 Å². The smallest absolute Gasteiger partial charge is 0.255 e. The van der Waals surface area contributed by atoms with Crippen LogP contribution in [0, 0.1) is 0 Å². The van der Waals surface area contributed by atoms with Crippen molar-refractivity contribution in [1.82, 2.24) is 0 Å². The lowest BCUT2D eigenvalue weighted by Crippen LogP contribution is -2.12. The zero-order chi connectivity index (χ0) is 22.2. The maximum Gasteiger partial charge on any atom is 0.255 e. The number of nitrogens with zero attached hydrogens (tertiary/aromatic N) is 1. The van der Waals surface area contributed by atoms with Gasteiger partial charge in [0.2, 0.25) is 0 Å². The van der Waals surface area contributed by atoms with Crippen molar-refractivity contribution in [3.8, 4) is 11.1 Å². The summed E-state index contributed by atoms with van der Waals surface area (Å²) in [7, 11) is 0. The van der Waals surface area contributed by atoms with Gasteiger partial charge in [-0.1, -0.05) is 66.7 Å². The van der Waals surface area contributed by atoms with Crippen LogP contribution >= 0.6 is 0 Å². The molecule has 3 heteroatoms. The summed E-state index contributed by atoms with van der Waals surface area (Å²) in [5.74, 6) is -0.100. The summed E-state index contributed by atoms with van der Waals surface area (Å²) >= 11 is 0. The molecule has 0 unspecified atom stereocenters. The van der Waals surface area contributed by atoms with Crippen LogP contribution in [-0.4, -0.2) is 11.6 Å². The van der Waals surface area contributed by atoms with Crippen LogP contribution in [0.2, 0.25) is 0 Å². The van der Waals surface area contributed by atoms with Gasteiger partial charge in [0, 0.05) is 17.7 Å². The highest BCUT2D eigenvalue weighted by Gasteiger charge is 2.17. The number of hydrogen-bond donors (Lipinski definition) is 1. The molecule has 6 rings (SSSR count). The number of aliphatic imine (C=N–C) groups is 1. The Bertz CT molecular complexity index is 1430. The molecule has 3 nitrogen and oxygen atoms in total. The second-order valence-corrected chi connectivity index (χ2v) is 8.50. The molecule has 0 saturated heterocycles. The molecule has 4 aromatic carbocycles. The van der Waals surface area contributed by atoms with Crippen LogP contribution < -0.4 is 5.32 Å². The van der Waals surface area contributed by atoms with Crippen molar-refractivity contribution in [2.75, 3.05) is 5.32 Å². The molecule has 0 spiro atoms. The molecule has 0 saturated carbocycles. The number of carbonyl (C=O) groups is 1. The van der Waals surface area contributed by atoms with E-state index in [1.807, 2.05) is 36.4 Å². The molecular weight excluding hydrogens is 404 g/mol. The summed E-state index contributed by atoms with van der Waals surface area (Å²) in [5.41, 5.74) is 10.7. The predicted octanol–water partition coefficient (Wildman–Crippen LogP) is 6.85. The number of benzene rings is 4. The van der Waals surface area contributed by atoms with Crippen molar-refractivity contribution in [2.24, 2.45) is 4.99 Å². The number of fused-ring (bicyclic) bond motifs is 2. The number of allylic oxidation sites excluding steroid dienone is 1. The molecule has 0 radical (unpaired) electrons. The Kier molecular flexibility index (Phi) is 4.73. The van der Waals surface area contributed by atoms with Crippen LogP contribution in [0.15, 0.2) is 102 Å². The molecule has 1 aliphatic carbocycles. The van der Waals surface area contributed by atoms with Crippen LogP contribution in [0.1, 0.15) is 32.6 Å². The average molecular weight is 427 g/mol. The lowest BCUT2D eigenvalue weighted by molar-refractivity contribution is 0.102. The fourth-order valence-corrected chi connectivity index (χ4v) is 4.53. The second-order valence-electron chi connectivity index (χ2n) is 8.50. The summed E-state index contributed by atoms with van der Waals surface area (Å²) in [6, 6.07) is 30.6. The first-order valence-electron chi connectivity index (χ1n) is 11.2. The first-order chi connectivity index (χ1) is 16.2. The second kappa shape index (κ2) is 8.03. The number of anilines is 1. The van der Waals surface area contributed by atoms with E-state index in [0.29, 0.717) is 5.56 Å². The van der Waals surface area contributed by atoms with Crippen molar-refractivity contribution in [3.63, 3.8) is 0 Å². The largest absolute Gasteiger partial charge is 0.322 e. The molecule has 0 bridgehead atoms. The lowest BCUT2D eigenvalue weighted by Gasteiger charge is -2.08. The zero-order valence-corrected chi connectivity index (χ0v) is 18.1. The lowest BCUT2D eigenvalue weighted by atomic mass is 9.99. The van der Waals surface area contributed by atoms with E-state index in [-0.39, 0.29) is 5.91 Å². The van der Waals surface area contributed by atoms with E-state index < -0.39 is 0 Å². The van der Waals surface area contributed by atoms with E-state index in [9.17, 15) is 4.79 Å². The fraction of sp³-hybridized carbons (Fsp3) is 0.0667. The molecule has 4 aromatic rings. The standard InChI is InChI=1S/C30H22N2O/c33-30(31-27-15-13-21-7-4-8-24(21)18-27)23-11-9-22(10-12-23)29-19-26-17-25(14-16-28(26)32-29)20-5-2-1-3-6-20/h1-7,9-18H,8,19H2,(H,31,33). The van der Waals surface area contributed by atoms with Gasteiger partial charge in [-0.2, -0.15) is 0 Å². The number of carbonyl (C=O) groups excluding carboxylic acids is 1. The highest BCUT2D eigenvalue weighted by atomic mass is 16.1. The van der Waals surface area contributed by atoms with Gasteiger partial charge in [0.15, 0.2) is 0 Å². The topological polar surface area (TPSA) is 41.5 Å². The van der Waals surface area contributed by atoms with Crippen molar-refractivity contribution >= 4 is 29.1 Å². The minimum atomic E-state index is -0.100. The SMILES string of the molecule is O=C(Nc1ccc2c(c1)CC=C2)c1ccc(C2=Nc3ccc(-c4ccccc4)cc3C2)cc1. The van der Waals surface area contributed by atoms with Gasteiger partial charge in [0.05, 0.1) is 11.4 Å². The Morgan fingerprint density at radius 3 is 2.42 bits per heavy atom. The molecule has 1 aliphatic heterocycles. The van der Waals surface area contributed by atoms with Gasteiger partial charge in [-0.15, -0.1) is 0 Å². The summed E-state index contributed by atoms with van der Waals surface area (Å²) < 4.78 is 0. The van der Waals surface area contributed by atoms with Gasteiger partial charge in [0.1, 0.15) is 0 Å². The van der Waals surface area contributed by atoms with Crippen LogP contribution in [0.5, 0.6) is 0 Å². The van der Waals surface area contributed by atoms with Crippen LogP contribution in [0.4, 0.5) is 11.4 Å². The van der Waals surface area contributed by atoms with Gasteiger partial charge in [-0.25, -0.2) is 0 Å². The summed E-state index contributed by atoms with van der Waals surface area (Å²) in [6.45, 7) is 0. The minimum Gasteiger partial charge on any atom is -0.322 e. The van der Waals surface area contributed by atoms with Crippen LogP contribution in [-0.2, 0) is 12.8 Å². The molecule has 33 heavy (non-hydrogen) atoms. The van der Waals surface area contributed by atoms with Gasteiger partial charge in [0.25, 0.3) is 5.91 Å². The first kappa shape index (κ1) is 19.4. The van der Waals surface area contributed by atoms with Gasteiger partial charge in [-0.3, -0.25) is 9.79 Å². The summed E-state index contributed by atoms with van der Waals surface area (Å²) in [6.07, 6.45) is 5.98. The molecule has 1 amide bonds. The molecule has 158 valence electrons. The highest BCUT2D eigenvalue weighted by molar-refractivity contribution is 6.08.